The minimum absolute atomic E-state index is 0.00595. The summed E-state index contributed by atoms with van der Waals surface area (Å²) in [5.41, 5.74) is 5.91. The van der Waals surface area contributed by atoms with Crippen molar-refractivity contribution in [2.24, 2.45) is 11.7 Å². The van der Waals surface area contributed by atoms with Gasteiger partial charge in [0.25, 0.3) is 5.91 Å². The maximum atomic E-state index is 12.8. The Labute approximate surface area is 173 Å². The second-order valence-corrected chi connectivity index (χ2v) is 7.15. The van der Waals surface area contributed by atoms with Crippen LogP contribution in [0.1, 0.15) is 24.8 Å². The van der Waals surface area contributed by atoms with Crippen molar-refractivity contribution in [2.45, 2.75) is 25.8 Å². The van der Waals surface area contributed by atoms with E-state index < -0.39 is 11.7 Å². The first-order valence-corrected chi connectivity index (χ1v) is 9.49. The Balaban J connectivity index is 0.000000203. The third-order valence-electron chi connectivity index (χ3n) is 4.13. The molecule has 0 atom stereocenters. The largest absolute Gasteiger partial charge is 0.484 e. The van der Waals surface area contributed by atoms with Gasteiger partial charge in [0.05, 0.1) is 5.02 Å². The van der Waals surface area contributed by atoms with Crippen LogP contribution in [0.4, 0.5) is 4.39 Å². The lowest BCUT2D eigenvalue weighted by molar-refractivity contribution is -0.127. The molecule has 0 heterocycles. The number of primary amides is 1. The van der Waals surface area contributed by atoms with Crippen LogP contribution in [0.15, 0.2) is 42.5 Å². The Morgan fingerprint density at radius 2 is 1.82 bits per heavy atom. The lowest BCUT2D eigenvalue weighted by Crippen LogP contribution is -2.33. The van der Waals surface area contributed by atoms with Gasteiger partial charge in [-0.3, -0.25) is 9.59 Å². The highest BCUT2D eigenvalue weighted by molar-refractivity contribution is 6.30. The van der Waals surface area contributed by atoms with Crippen molar-refractivity contribution in [1.29, 1.82) is 0 Å². The summed E-state index contributed by atoms with van der Waals surface area (Å²) in [7, 11) is 0. The Morgan fingerprint density at radius 3 is 2.36 bits per heavy atom. The Hall–Kier alpha value is -2.31. The van der Waals surface area contributed by atoms with Crippen molar-refractivity contribution in [3.63, 3.8) is 0 Å². The van der Waals surface area contributed by atoms with Crippen LogP contribution in [-0.4, -0.2) is 18.4 Å². The van der Waals surface area contributed by atoms with Gasteiger partial charge in [-0.25, -0.2) is 4.39 Å². The van der Waals surface area contributed by atoms with Gasteiger partial charge in [0.2, 0.25) is 5.91 Å². The normalized spacial score (nSPS) is 13.0. The van der Waals surface area contributed by atoms with Crippen LogP contribution >= 0.6 is 23.2 Å². The highest BCUT2D eigenvalue weighted by Gasteiger charge is 2.24. The molecule has 0 unspecified atom stereocenters. The van der Waals surface area contributed by atoms with E-state index in [9.17, 15) is 14.0 Å². The molecule has 0 bridgehead atoms. The number of nitrogens with two attached hydrogens (primary N) is 1. The van der Waals surface area contributed by atoms with Gasteiger partial charge in [-0.1, -0.05) is 41.8 Å². The van der Waals surface area contributed by atoms with Crippen LogP contribution in [0.5, 0.6) is 5.75 Å². The van der Waals surface area contributed by atoms with E-state index in [1.165, 1.54) is 18.6 Å². The van der Waals surface area contributed by atoms with Crippen LogP contribution in [0.2, 0.25) is 10.0 Å². The van der Waals surface area contributed by atoms with Crippen LogP contribution in [0.3, 0.4) is 0 Å². The Bertz CT molecular complexity index is 812. The molecule has 8 heteroatoms. The van der Waals surface area contributed by atoms with Crippen molar-refractivity contribution in [3.8, 4) is 5.75 Å². The van der Waals surface area contributed by atoms with Crippen LogP contribution in [0, 0.1) is 11.7 Å². The number of hydrogen-bond donors (Lipinski definition) is 2. The number of ether oxygens (including phenoxy) is 1. The van der Waals surface area contributed by atoms with E-state index in [4.69, 9.17) is 33.7 Å². The molecule has 1 fully saturated rings. The molecule has 0 spiro atoms. The topological polar surface area (TPSA) is 81.4 Å². The lowest BCUT2D eigenvalue weighted by Gasteiger charge is -2.24. The molecule has 2 aromatic carbocycles. The van der Waals surface area contributed by atoms with E-state index in [2.05, 4.69) is 5.32 Å². The zero-order valence-electron chi connectivity index (χ0n) is 15.1. The summed E-state index contributed by atoms with van der Waals surface area (Å²) in [5, 5.41) is 3.67. The fourth-order valence-electron chi connectivity index (χ4n) is 2.33. The predicted octanol–water partition coefficient (Wildman–Crippen LogP) is 4.10. The molecule has 1 aliphatic rings. The highest BCUT2D eigenvalue weighted by atomic mass is 35.5. The SMILES string of the molecule is NC(=O)COc1ccc(Cl)c(F)c1.O=C(NCc1ccc(Cl)cc1)C1CCC1. The molecule has 2 amide bonds. The summed E-state index contributed by atoms with van der Waals surface area (Å²) in [6.07, 6.45) is 3.29. The second kappa shape index (κ2) is 10.9. The van der Waals surface area contributed by atoms with Crippen molar-refractivity contribution in [1.82, 2.24) is 5.32 Å². The highest BCUT2D eigenvalue weighted by Crippen LogP contribution is 2.26. The summed E-state index contributed by atoms with van der Waals surface area (Å²) in [4.78, 5) is 21.8. The minimum atomic E-state index is -0.615. The van der Waals surface area contributed by atoms with Gasteiger partial charge >= 0.3 is 0 Å². The zero-order valence-corrected chi connectivity index (χ0v) is 16.6. The first kappa shape index (κ1) is 22.0. The van der Waals surface area contributed by atoms with E-state index in [0.717, 1.165) is 29.5 Å². The number of hydrogen-bond acceptors (Lipinski definition) is 3. The number of amides is 2. The number of rotatable bonds is 6. The molecule has 2 aromatic rings. The van der Waals surface area contributed by atoms with Crippen LogP contribution in [0.25, 0.3) is 0 Å². The average molecular weight is 427 g/mol. The molecule has 0 aromatic heterocycles. The number of nitrogens with one attached hydrogen (secondary N) is 1. The molecule has 3 rings (SSSR count). The van der Waals surface area contributed by atoms with Crippen LogP contribution < -0.4 is 15.8 Å². The summed E-state index contributed by atoms with van der Waals surface area (Å²) in [6, 6.07) is 11.4. The van der Waals surface area contributed by atoms with E-state index >= 15 is 0 Å². The molecular weight excluding hydrogens is 406 g/mol. The van der Waals surface area contributed by atoms with Gasteiger partial charge < -0.3 is 15.8 Å². The molecule has 1 saturated carbocycles. The molecule has 28 heavy (non-hydrogen) atoms. The maximum Gasteiger partial charge on any atom is 0.255 e. The number of halogens is 3. The molecule has 0 saturated heterocycles. The number of carbonyl (C=O) groups excluding carboxylic acids is 2. The van der Waals surface area contributed by atoms with Crippen LogP contribution in [-0.2, 0) is 16.1 Å². The molecule has 150 valence electrons. The number of benzene rings is 2. The first-order chi connectivity index (χ1) is 13.3. The third-order valence-corrected chi connectivity index (χ3v) is 4.69. The van der Waals surface area contributed by atoms with E-state index in [1.54, 1.807) is 0 Å². The quantitative estimate of drug-likeness (QED) is 0.729. The van der Waals surface area contributed by atoms with Gasteiger partial charge in [0.15, 0.2) is 6.61 Å². The van der Waals surface area contributed by atoms with Gasteiger partial charge in [0, 0.05) is 23.6 Å². The predicted molar refractivity (Wildman–Crippen MR) is 107 cm³/mol. The van der Waals surface area contributed by atoms with E-state index in [0.29, 0.717) is 6.54 Å². The zero-order chi connectivity index (χ0) is 20.5. The van der Waals surface area contributed by atoms with Crippen molar-refractivity contribution >= 4 is 35.0 Å². The van der Waals surface area contributed by atoms with Gasteiger partial charge in [-0.2, -0.15) is 0 Å². The number of carbonyl (C=O) groups is 2. The van der Waals surface area contributed by atoms with Gasteiger partial charge in [0.1, 0.15) is 11.6 Å². The maximum absolute atomic E-state index is 12.8. The molecule has 1 aliphatic carbocycles. The second-order valence-electron chi connectivity index (χ2n) is 6.30. The van der Waals surface area contributed by atoms with Crippen molar-refractivity contribution in [3.05, 3.63) is 63.9 Å². The molecule has 0 radical (unpaired) electrons. The lowest BCUT2D eigenvalue weighted by atomic mass is 9.85. The Kier molecular flexibility index (Phi) is 8.54. The summed E-state index contributed by atoms with van der Waals surface area (Å²) >= 11 is 11.2. The average Bonchev–Trinajstić information content (AvgIpc) is 2.61. The summed E-state index contributed by atoms with van der Waals surface area (Å²) < 4.78 is 17.6. The van der Waals surface area contributed by atoms with Gasteiger partial charge in [-0.15, -0.1) is 0 Å². The molecular formula is C20H21Cl2FN2O3. The van der Waals surface area contributed by atoms with Crippen molar-refractivity contribution in [2.75, 3.05) is 6.61 Å². The first-order valence-electron chi connectivity index (χ1n) is 8.73. The monoisotopic (exact) mass is 426 g/mol. The summed E-state index contributed by atoms with van der Waals surface area (Å²) in [6.45, 7) is 0.327. The van der Waals surface area contributed by atoms with E-state index in [-0.39, 0.29) is 29.2 Å². The molecule has 5 nitrogen and oxygen atoms in total. The van der Waals surface area contributed by atoms with E-state index in [1.807, 2.05) is 24.3 Å². The van der Waals surface area contributed by atoms with Crippen molar-refractivity contribution < 1.29 is 18.7 Å². The summed E-state index contributed by atoms with van der Waals surface area (Å²) in [5.74, 6) is -0.534. The molecule has 3 N–H and O–H groups in total. The third kappa shape index (κ3) is 7.37. The van der Waals surface area contributed by atoms with Gasteiger partial charge in [-0.05, 0) is 42.7 Å². The minimum Gasteiger partial charge on any atom is -0.484 e. The Morgan fingerprint density at radius 1 is 1.14 bits per heavy atom. The smallest absolute Gasteiger partial charge is 0.255 e. The standard InChI is InChI=1S/C12H14ClNO.C8H7ClFNO2/c13-11-6-4-9(5-7-11)8-14-12(15)10-2-1-3-10;9-6-2-1-5(3-7(6)10)13-4-8(11)12/h4-7,10H,1-3,8H2,(H,14,15);1-3H,4H2,(H2,11,12). The fourth-order valence-corrected chi connectivity index (χ4v) is 2.57. The molecule has 0 aliphatic heterocycles. The fraction of sp³-hybridized carbons (Fsp3) is 0.300.